The van der Waals surface area contributed by atoms with Crippen LogP contribution >= 0.6 is 0 Å². The van der Waals surface area contributed by atoms with Gasteiger partial charge in [-0.3, -0.25) is 4.79 Å². The van der Waals surface area contributed by atoms with E-state index in [1.165, 1.54) is 6.42 Å². The third kappa shape index (κ3) is 5.33. The van der Waals surface area contributed by atoms with E-state index in [0.717, 1.165) is 19.5 Å². The van der Waals surface area contributed by atoms with Crippen molar-refractivity contribution in [2.75, 3.05) is 39.8 Å². The summed E-state index contributed by atoms with van der Waals surface area (Å²) in [6, 6.07) is 0. The van der Waals surface area contributed by atoms with Crippen LogP contribution in [-0.2, 0) is 4.79 Å². The molecule has 0 aromatic rings. The van der Waals surface area contributed by atoms with Crippen molar-refractivity contribution in [1.82, 2.24) is 9.80 Å². The molecule has 0 spiro atoms. The lowest BCUT2D eigenvalue weighted by molar-refractivity contribution is -0.127. The van der Waals surface area contributed by atoms with Gasteiger partial charge in [-0.05, 0) is 25.8 Å². The van der Waals surface area contributed by atoms with Gasteiger partial charge in [0, 0.05) is 32.3 Å². The summed E-state index contributed by atoms with van der Waals surface area (Å²) in [5.41, 5.74) is 0. The highest BCUT2D eigenvalue weighted by Crippen LogP contribution is 2.15. The lowest BCUT2D eigenvalue weighted by Gasteiger charge is -2.30. The van der Waals surface area contributed by atoms with Gasteiger partial charge in [0.2, 0.25) is 5.91 Å². The number of carbonyl (C=O) groups excluding carboxylic acids is 1. The van der Waals surface area contributed by atoms with Gasteiger partial charge in [-0.2, -0.15) is 0 Å². The summed E-state index contributed by atoms with van der Waals surface area (Å²) in [5.74, 6) is 0.743. The van der Waals surface area contributed by atoms with Gasteiger partial charge in [0.25, 0.3) is 0 Å². The summed E-state index contributed by atoms with van der Waals surface area (Å²) in [4.78, 5) is 15.8. The van der Waals surface area contributed by atoms with E-state index in [4.69, 9.17) is 5.11 Å². The maximum absolute atomic E-state index is 11.9. The first-order valence-electron chi connectivity index (χ1n) is 6.38. The number of aliphatic hydroxyl groups is 1. The Bertz CT molecular complexity index is 266. The molecule has 0 bridgehead atoms. The van der Waals surface area contributed by atoms with Crippen molar-refractivity contribution in [2.45, 2.75) is 19.8 Å². The molecule has 1 fully saturated rings. The van der Waals surface area contributed by atoms with Crippen LogP contribution in [0.4, 0.5) is 0 Å². The smallest absolute Gasteiger partial charge is 0.246 e. The van der Waals surface area contributed by atoms with Crippen LogP contribution in [0.3, 0.4) is 0 Å². The molecule has 0 aromatic heterocycles. The zero-order valence-corrected chi connectivity index (χ0v) is 10.9. The number of aliphatic hydroxyl groups excluding tert-OH is 1. The van der Waals surface area contributed by atoms with Crippen molar-refractivity contribution in [3.8, 4) is 0 Å². The largest absolute Gasteiger partial charge is 0.395 e. The highest BCUT2D eigenvalue weighted by Gasteiger charge is 2.18. The van der Waals surface area contributed by atoms with Crippen LogP contribution in [0.2, 0.25) is 0 Å². The SMILES string of the molecule is CC1CCCN(C(=O)/C=C/CN(C)CCO)C1. The second kappa shape index (κ2) is 7.45. The van der Waals surface area contributed by atoms with Crippen molar-refractivity contribution in [3.05, 3.63) is 12.2 Å². The summed E-state index contributed by atoms with van der Waals surface area (Å²) < 4.78 is 0. The molecular weight excluding hydrogens is 216 g/mol. The molecule has 1 unspecified atom stereocenters. The third-order valence-electron chi connectivity index (χ3n) is 3.13. The number of hydrogen-bond acceptors (Lipinski definition) is 3. The predicted molar refractivity (Wildman–Crippen MR) is 68.7 cm³/mol. The molecule has 0 aromatic carbocycles. The Labute approximate surface area is 104 Å². The molecule has 1 rings (SSSR count). The molecule has 98 valence electrons. The molecule has 4 heteroatoms. The summed E-state index contributed by atoms with van der Waals surface area (Å²) in [6.45, 7) is 5.46. The molecule has 1 saturated heterocycles. The van der Waals surface area contributed by atoms with E-state index in [1.54, 1.807) is 6.08 Å². The summed E-state index contributed by atoms with van der Waals surface area (Å²) in [6.07, 6.45) is 5.88. The Morgan fingerprint density at radius 2 is 2.35 bits per heavy atom. The van der Waals surface area contributed by atoms with Gasteiger partial charge in [-0.15, -0.1) is 0 Å². The van der Waals surface area contributed by atoms with Crippen LogP contribution in [-0.4, -0.2) is 60.6 Å². The fourth-order valence-electron chi connectivity index (χ4n) is 2.09. The van der Waals surface area contributed by atoms with E-state index >= 15 is 0 Å². The number of carbonyl (C=O) groups is 1. The van der Waals surface area contributed by atoms with E-state index in [2.05, 4.69) is 6.92 Å². The van der Waals surface area contributed by atoms with Gasteiger partial charge in [-0.1, -0.05) is 13.0 Å². The van der Waals surface area contributed by atoms with Gasteiger partial charge < -0.3 is 14.9 Å². The number of nitrogens with zero attached hydrogens (tertiary/aromatic N) is 2. The first-order chi connectivity index (χ1) is 8.13. The maximum Gasteiger partial charge on any atom is 0.246 e. The van der Waals surface area contributed by atoms with Crippen LogP contribution in [0.15, 0.2) is 12.2 Å². The topological polar surface area (TPSA) is 43.8 Å². The fourth-order valence-corrected chi connectivity index (χ4v) is 2.09. The van der Waals surface area contributed by atoms with Gasteiger partial charge in [0.1, 0.15) is 0 Å². The molecule has 4 nitrogen and oxygen atoms in total. The predicted octanol–water partition coefficient (Wildman–Crippen LogP) is 0.725. The molecule has 1 N–H and O–H groups in total. The molecule has 1 aliphatic rings. The Hall–Kier alpha value is -0.870. The minimum absolute atomic E-state index is 0.119. The van der Waals surface area contributed by atoms with Crippen molar-refractivity contribution in [3.63, 3.8) is 0 Å². The molecule has 17 heavy (non-hydrogen) atoms. The first-order valence-corrected chi connectivity index (χ1v) is 6.38. The highest BCUT2D eigenvalue weighted by atomic mass is 16.3. The standard InChI is InChI=1S/C13H24N2O2/c1-12-5-3-8-15(11-12)13(17)6-4-7-14(2)9-10-16/h4,6,12,16H,3,5,7-11H2,1-2H3/b6-4+. The average molecular weight is 240 g/mol. The number of likely N-dealkylation sites (N-methyl/N-ethyl adjacent to an activating group) is 1. The number of piperidine rings is 1. The summed E-state index contributed by atoms with van der Waals surface area (Å²) >= 11 is 0. The van der Waals surface area contributed by atoms with Crippen molar-refractivity contribution >= 4 is 5.91 Å². The molecule has 1 atom stereocenters. The monoisotopic (exact) mass is 240 g/mol. The lowest BCUT2D eigenvalue weighted by Crippen LogP contribution is -2.38. The van der Waals surface area contributed by atoms with Crippen molar-refractivity contribution in [1.29, 1.82) is 0 Å². The highest BCUT2D eigenvalue weighted by molar-refractivity contribution is 5.87. The number of likely N-dealkylation sites (tertiary alicyclic amines) is 1. The van der Waals surface area contributed by atoms with Gasteiger partial charge >= 0.3 is 0 Å². The maximum atomic E-state index is 11.9. The molecule has 0 radical (unpaired) electrons. The van der Waals surface area contributed by atoms with E-state index in [0.29, 0.717) is 19.0 Å². The molecule has 0 saturated carbocycles. The third-order valence-corrected chi connectivity index (χ3v) is 3.13. The van der Waals surface area contributed by atoms with Gasteiger partial charge in [-0.25, -0.2) is 0 Å². The molecule has 1 aliphatic heterocycles. The Kier molecular flexibility index (Phi) is 6.22. The lowest BCUT2D eigenvalue weighted by atomic mass is 10.0. The zero-order chi connectivity index (χ0) is 12.7. The zero-order valence-electron chi connectivity index (χ0n) is 10.9. The summed E-state index contributed by atoms with van der Waals surface area (Å²) in [7, 11) is 1.92. The number of amides is 1. The average Bonchev–Trinajstić information content (AvgIpc) is 2.29. The Balaban J connectivity index is 2.30. The normalized spacial score (nSPS) is 21.4. The number of rotatable bonds is 5. The van der Waals surface area contributed by atoms with Gasteiger partial charge in [0.05, 0.1) is 6.61 Å². The second-order valence-corrected chi connectivity index (χ2v) is 4.92. The van der Waals surface area contributed by atoms with Crippen LogP contribution < -0.4 is 0 Å². The van der Waals surface area contributed by atoms with E-state index in [9.17, 15) is 4.79 Å². The van der Waals surface area contributed by atoms with Crippen LogP contribution in [0, 0.1) is 5.92 Å². The van der Waals surface area contributed by atoms with Crippen molar-refractivity contribution < 1.29 is 9.90 Å². The molecular formula is C13H24N2O2. The second-order valence-electron chi connectivity index (χ2n) is 4.92. The Morgan fingerprint density at radius 1 is 1.59 bits per heavy atom. The first kappa shape index (κ1) is 14.2. The quantitative estimate of drug-likeness (QED) is 0.720. The van der Waals surface area contributed by atoms with E-state index in [-0.39, 0.29) is 12.5 Å². The Morgan fingerprint density at radius 3 is 3.00 bits per heavy atom. The molecule has 1 amide bonds. The van der Waals surface area contributed by atoms with Crippen molar-refractivity contribution in [2.24, 2.45) is 5.92 Å². The number of hydrogen-bond donors (Lipinski definition) is 1. The van der Waals surface area contributed by atoms with E-state index < -0.39 is 0 Å². The van der Waals surface area contributed by atoms with Crippen LogP contribution in [0.5, 0.6) is 0 Å². The fraction of sp³-hybridized carbons (Fsp3) is 0.769. The minimum atomic E-state index is 0.119. The minimum Gasteiger partial charge on any atom is -0.395 e. The van der Waals surface area contributed by atoms with Crippen LogP contribution in [0.25, 0.3) is 0 Å². The van der Waals surface area contributed by atoms with E-state index in [1.807, 2.05) is 22.9 Å². The molecule has 0 aliphatic carbocycles. The van der Waals surface area contributed by atoms with Gasteiger partial charge in [0.15, 0.2) is 0 Å². The summed E-state index contributed by atoms with van der Waals surface area (Å²) in [5, 5.41) is 8.74. The van der Waals surface area contributed by atoms with Crippen LogP contribution in [0.1, 0.15) is 19.8 Å². The molecule has 1 heterocycles.